The Morgan fingerprint density at radius 2 is 1.83 bits per heavy atom. The highest BCUT2D eigenvalue weighted by atomic mass is 35.5. The number of aliphatic imine (C=N–C) groups is 1. The monoisotopic (exact) mass is 347 g/mol. The highest BCUT2D eigenvalue weighted by Crippen LogP contribution is 2.20. The molecule has 2 aromatic carbocycles. The minimum Gasteiger partial charge on any atom is -0.506 e. The lowest BCUT2D eigenvalue weighted by Gasteiger charge is -2.07. The molecule has 0 aliphatic rings. The van der Waals surface area contributed by atoms with E-state index in [-0.39, 0.29) is 23.8 Å². The first kappa shape index (κ1) is 17.7. The van der Waals surface area contributed by atoms with Crippen molar-refractivity contribution in [3.8, 4) is 0 Å². The molecule has 0 saturated carbocycles. The quantitative estimate of drug-likeness (QED) is 0.368. The molecule has 0 saturated heterocycles. The van der Waals surface area contributed by atoms with Crippen LogP contribution in [0.4, 0.5) is 10.1 Å². The van der Waals surface area contributed by atoms with Crippen LogP contribution in [0.2, 0.25) is 5.02 Å². The Hall–Kier alpha value is -2.66. The number of esters is 1. The molecule has 1 N–H and O–H groups in total. The SMILES string of the molecule is CCOC(=O)C(C=Nc1ccc(F)cc1)=C(O)c1ccc(Cl)cc1. The van der Waals surface area contributed by atoms with E-state index in [1.807, 2.05) is 0 Å². The molecular formula is C18H15ClFNO3. The molecule has 0 fully saturated rings. The Labute approximate surface area is 143 Å². The number of benzene rings is 2. The summed E-state index contributed by atoms with van der Waals surface area (Å²) in [6.45, 7) is 1.81. The fourth-order valence-corrected chi connectivity index (χ4v) is 1.97. The molecule has 0 spiro atoms. The summed E-state index contributed by atoms with van der Waals surface area (Å²) in [6.07, 6.45) is 1.19. The molecule has 24 heavy (non-hydrogen) atoms. The van der Waals surface area contributed by atoms with E-state index in [1.165, 1.54) is 30.5 Å². The molecule has 0 aliphatic heterocycles. The molecular weight excluding hydrogens is 333 g/mol. The summed E-state index contributed by atoms with van der Waals surface area (Å²) in [5.41, 5.74) is 0.721. The Morgan fingerprint density at radius 3 is 2.42 bits per heavy atom. The Morgan fingerprint density at radius 1 is 1.21 bits per heavy atom. The third-order valence-corrected chi connectivity index (χ3v) is 3.29. The average molecular weight is 348 g/mol. The second-order valence-electron chi connectivity index (χ2n) is 4.72. The van der Waals surface area contributed by atoms with Crippen molar-refractivity contribution in [3.05, 3.63) is 70.5 Å². The van der Waals surface area contributed by atoms with Crippen LogP contribution in [-0.2, 0) is 9.53 Å². The molecule has 0 atom stereocenters. The number of aliphatic hydroxyl groups excluding tert-OH is 1. The van der Waals surface area contributed by atoms with Crippen LogP contribution in [0.5, 0.6) is 0 Å². The number of hydrogen-bond acceptors (Lipinski definition) is 4. The van der Waals surface area contributed by atoms with Crippen LogP contribution in [0.15, 0.2) is 59.1 Å². The first-order valence-corrected chi connectivity index (χ1v) is 7.55. The van der Waals surface area contributed by atoms with Gasteiger partial charge in [0.15, 0.2) is 0 Å². The van der Waals surface area contributed by atoms with Gasteiger partial charge in [-0.3, -0.25) is 4.99 Å². The summed E-state index contributed by atoms with van der Waals surface area (Å²) >= 11 is 5.82. The van der Waals surface area contributed by atoms with Crippen molar-refractivity contribution in [1.82, 2.24) is 0 Å². The van der Waals surface area contributed by atoms with Crippen LogP contribution in [0, 0.1) is 5.82 Å². The van der Waals surface area contributed by atoms with Crippen molar-refractivity contribution in [1.29, 1.82) is 0 Å². The topological polar surface area (TPSA) is 58.9 Å². The maximum atomic E-state index is 12.9. The van der Waals surface area contributed by atoms with Crippen LogP contribution in [-0.4, -0.2) is 23.9 Å². The number of aliphatic hydroxyl groups is 1. The summed E-state index contributed by atoms with van der Waals surface area (Å²) in [7, 11) is 0. The molecule has 2 aromatic rings. The van der Waals surface area contributed by atoms with Crippen LogP contribution in [0.3, 0.4) is 0 Å². The molecule has 6 heteroatoms. The number of carbonyl (C=O) groups excluding carboxylic acids is 1. The van der Waals surface area contributed by atoms with Gasteiger partial charge < -0.3 is 9.84 Å². The molecule has 0 heterocycles. The van der Waals surface area contributed by atoms with Gasteiger partial charge in [0.05, 0.1) is 12.3 Å². The van der Waals surface area contributed by atoms with Crippen molar-refractivity contribution < 1.29 is 19.0 Å². The Balaban J connectivity index is 2.40. The van der Waals surface area contributed by atoms with E-state index >= 15 is 0 Å². The number of halogens is 2. The number of ether oxygens (including phenoxy) is 1. The normalized spacial score (nSPS) is 12.1. The molecule has 0 unspecified atom stereocenters. The largest absolute Gasteiger partial charge is 0.506 e. The second-order valence-corrected chi connectivity index (χ2v) is 5.16. The highest BCUT2D eigenvalue weighted by Gasteiger charge is 2.16. The number of rotatable bonds is 5. The molecule has 124 valence electrons. The Kier molecular flexibility index (Phi) is 6.09. The van der Waals surface area contributed by atoms with Crippen molar-refractivity contribution in [3.63, 3.8) is 0 Å². The molecule has 0 aromatic heterocycles. The van der Waals surface area contributed by atoms with Gasteiger partial charge in [0, 0.05) is 16.8 Å². The summed E-state index contributed by atoms with van der Waals surface area (Å²) in [5, 5.41) is 10.9. The first-order valence-electron chi connectivity index (χ1n) is 7.17. The van der Waals surface area contributed by atoms with Crippen LogP contribution in [0.1, 0.15) is 12.5 Å². The molecule has 0 amide bonds. The van der Waals surface area contributed by atoms with Crippen molar-refractivity contribution in [2.75, 3.05) is 6.61 Å². The molecule has 0 bridgehead atoms. The van der Waals surface area contributed by atoms with Crippen molar-refractivity contribution in [2.45, 2.75) is 6.92 Å². The molecule has 2 rings (SSSR count). The number of carbonyl (C=O) groups is 1. The van der Waals surface area contributed by atoms with E-state index in [0.717, 1.165) is 0 Å². The van der Waals surface area contributed by atoms with Crippen molar-refractivity contribution in [2.24, 2.45) is 4.99 Å². The average Bonchev–Trinajstić information content (AvgIpc) is 2.57. The predicted octanol–water partition coefficient (Wildman–Crippen LogP) is 4.71. The maximum Gasteiger partial charge on any atom is 0.343 e. The lowest BCUT2D eigenvalue weighted by molar-refractivity contribution is -0.137. The van der Waals surface area contributed by atoms with Gasteiger partial charge in [-0.25, -0.2) is 9.18 Å². The molecule has 4 nitrogen and oxygen atoms in total. The first-order chi connectivity index (χ1) is 11.5. The standard InChI is InChI=1S/C18H15ClFNO3/c1-2-24-18(23)16(11-21-15-9-7-14(20)8-10-15)17(22)12-3-5-13(19)6-4-12/h3-11,22H,2H2,1H3. The maximum absolute atomic E-state index is 12.9. The van der Waals surface area contributed by atoms with E-state index in [9.17, 15) is 14.3 Å². The highest BCUT2D eigenvalue weighted by molar-refractivity contribution is 6.30. The van der Waals surface area contributed by atoms with Gasteiger partial charge >= 0.3 is 5.97 Å². The smallest absolute Gasteiger partial charge is 0.343 e. The van der Waals surface area contributed by atoms with E-state index in [0.29, 0.717) is 16.3 Å². The Bertz CT molecular complexity index is 768. The minimum absolute atomic E-state index is 0.108. The summed E-state index contributed by atoms with van der Waals surface area (Å²) < 4.78 is 17.9. The summed E-state index contributed by atoms with van der Waals surface area (Å²) in [5.74, 6) is -1.38. The fourth-order valence-electron chi connectivity index (χ4n) is 1.85. The van der Waals surface area contributed by atoms with Gasteiger partial charge in [-0.15, -0.1) is 0 Å². The zero-order valence-corrected chi connectivity index (χ0v) is 13.6. The van der Waals surface area contributed by atoms with Crippen LogP contribution >= 0.6 is 11.6 Å². The number of hydrogen-bond donors (Lipinski definition) is 1. The lowest BCUT2D eigenvalue weighted by atomic mass is 10.1. The van der Waals surface area contributed by atoms with E-state index in [4.69, 9.17) is 16.3 Å². The third kappa shape index (κ3) is 4.67. The minimum atomic E-state index is -0.712. The molecule has 0 aliphatic carbocycles. The third-order valence-electron chi connectivity index (χ3n) is 3.04. The van der Waals surface area contributed by atoms with Crippen LogP contribution in [0.25, 0.3) is 5.76 Å². The summed E-state index contributed by atoms with van der Waals surface area (Å²) in [6, 6.07) is 11.7. The lowest BCUT2D eigenvalue weighted by Crippen LogP contribution is -2.11. The van der Waals surface area contributed by atoms with Crippen LogP contribution < -0.4 is 0 Å². The zero-order chi connectivity index (χ0) is 17.5. The van der Waals surface area contributed by atoms with E-state index in [1.54, 1.807) is 31.2 Å². The molecule has 0 radical (unpaired) electrons. The summed E-state index contributed by atoms with van der Waals surface area (Å²) in [4.78, 5) is 16.2. The van der Waals surface area contributed by atoms with Gasteiger partial charge in [0.25, 0.3) is 0 Å². The predicted molar refractivity (Wildman–Crippen MR) is 92.2 cm³/mol. The van der Waals surface area contributed by atoms with Gasteiger partial charge in [-0.05, 0) is 55.5 Å². The van der Waals surface area contributed by atoms with Gasteiger partial charge in [0.1, 0.15) is 17.1 Å². The second kappa shape index (κ2) is 8.26. The fraction of sp³-hybridized carbons (Fsp3) is 0.111. The van der Waals surface area contributed by atoms with Crippen molar-refractivity contribution >= 4 is 35.2 Å². The van der Waals surface area contributed by atoms with Gasteiger partial charge in [-0.2, -0.15) is 0 Å². The van der Waals surface area contributed by atoms with E-state index < -0.39 is 5.97 Å². The van der Waals surface area contributed by atoms with Gasteiger partial charge in [0.2, 0.25) is 0 Å². The van der Waals surface area contributed by atoms with Gasteiger partial charge in [-0.1, -0.05) is 11.6 Å². The van der Waals surface area contributed by atoms with E-state index in [2.05, 4.69) is 4.99 Å². The number of nitrogens with zero attached hydrogens (tertiary/aromatic N) is 1. The zero-order valence-electron chi connectivity index (χ0n) is 12.9.